The highest BCUT2D eigenvalue weighted by Crippen LogP contribution is 2.53. The van der Waals surface area contributed by atoms with E-state index in [1.165, 1.54) is 5.56 Å². The molecular weight excluding hydrogens is 398 g/mol. The third kappa shape index (κ3) is 3.22. The number of hydroxylamine groups is 2. The van der Waals surface area contributed by atoms with Crippen molar-refractivity contribution in [1.82, 2.24) is 5.06 Å². The molecule has 1 heterocycles. The standard InChI is InChI=1S/C23H35NO5Si/c1-23(2,3)30(7,8)29-20-16(25)12-14-18-13(9-10-17(26-5)21(18)27-6)11-15-19(14)22(20)28-24(15)4/h9-10,12,15-16,19-20,22,25H,11H2,1-8H3/t15-,16+,19-,20-,22+/m1/s1. The van der Waals surface area contributed by atoms with Crippen LogP contribution in [0, 0.1) is 5.92 Å². The van der Waals surface area contributed by atoms with Crippen LogP contribution in [0.25, 0.3) is 5.57 Å². The van der Waals surface area contributed by atoms with Crippen molar-refractivity contribution >= 4 is 13.9 Å². The number of fused-ring (bicyclic) bond motifs is 2. The highest BCUT2D eigenvalue weighted by atomic mass is 28.4. The fraction of sp³-hybridized carbons (Fsp3) is 0.652. The highest BCUT2D eigenvalue weighted by molar-refractivity contribution is 6.74. The van der Waals surface area contributed by atoms with Gasteiger partial charge in [0.15, 0.2) is 19.8 Å². The molecule has 1 fully saturated rings. The van der Waals surface area contributed by atoms with Crippen LogP contribution in [0.5, 0.6) is 11.5 Å². The van der Waals surface area contributed by atoms with E-state index in [0.29, 0.717) is 5.75 Å². The highest BCUT2D eigenvalue weighted by Gasteiger charge is 2.56. The second-order valence-electron chi connectivity index (χ2n) is 10.2. The molecule has 1 saturated heterocycles. The van der Waals surface area contributed by atoms with Gasteiger partial charge < -0.3 is 19.0 Å². The van der Waals surface area contributed by atoms with Gasteiger partial charge in [-0.2, -0.15) is 5.06 Å². The van der Waals surface area contributed by atoms with Gasteiger partial charge in [-0.15, -0.1) is 0 Å². The van der Waals surface area contributed by atoms with E-state index in [0.717, 1.165) is 23.3 Å². The number of aliphatic hydroxyl groups excluding tert-OH is 1. The maximum absolute atomic E-state index is 11.2. The van der Waals surface area contributed by atoms with Crippen LogP contribution < -0.4 is 9.47 Å². The van der Waals surface area contributed by atoms with Crippen LogP contribution in [-0.4, -0.2) is 64.1 Å². The van der Waals surface area contributed by atoms with E-state index in [-0.39, 0.29) is 29.2 Å². The first-order chi connectivity index (χ1) is 14.0. The first kappa shape index (κ1) is 21.8. The summed E-state index contributed by atoms with van der Waals surface area (Å²) in [7, 11) is 3.22. The Morgan fingerprint density at radius 3 is 2.47 bits per heavy atom. The second kappa shape index (κ2) is 7.34. The van der Waals surface area contributed by atoms with Gasteiger partial charge >= 0.3 is 0 Å². The summed E-state index contributed by atoms with van der Waals surface area (Å²) in [6.45, 7) is 11.1. The third-order valence-corrected chi connectivity index (χ3v) is 12.0. The SMILES string of the molecule is COc1ccc2c(c1OC)C1=C[C@H](O)[C@@H](O[Si](C)(C)C(C)(C)C)[C@H]3ON(C)[C@H](C2)[C@@H]13. The molecule has 4 rings (SSSR count). The van der Waals surface area contributed by atoms with Gasteiger partial charge in [0.2, 0.25) is 0 Å². The zero-order valence-corrected chi connectivity index (χ0v) is 20.4. The van der Waals surface area contributed by atoms with Gasteiger partial charge in [-0.25, -0.2) is 0 Å². The van der Waals surface area contributed by atoms with Crippen molar-refractivity contribution in [2.45, 2.75) is 69.7 Å². The first-order valence-electron chi connectivity index (χ1n) is 10.7. The van der Waals surface area contributed by atoms with Gasteiger partial charge in [0.05, 0.1) is 14.2 Å². The van der Waals surface area contributed by atoms with Crippen molar-refractivity contribution < 1.29 is 23.8 Å². The van der Waals surface area contributed by atoms with E-state index >= 15 is 0 Å². The molecule has 166 valence electrons. The first-order valence-corrected chi connectivity index (χ1v) is 13.6. The van der Waals surface area contributed by atoms with Crippen LogP contribution in [0.4, 0.5) is 0 Å². The normalized spacial score (nSPS) is 31.1. The summed E-state index contributed by atoms with van der Waals surface area (Å²) >= 11 is 0. The molecular formula is C23H35NO5Si. The lowest BCUT2D eigenvalue weighted by Gasteiger charge is -2.45. The predicted molar refractivity (Wildman–Crippen MR) is 119 cm³/mol. The number of rotatable bonds is 4. The number of likely N-dealkylation sites (N-methyl/N-ethyl adjacent to an activating group) is 1. The quantitative estimate of drug-likeness (QED) is 0.732. The predicted octanol–water partition coefficient (Wildman–Crippen LogP) is 3.64. The summed E-state index contributed by atoms with van der Waals surface area (Å²) in [5.74, 6) is 1.54. The Kier molecular flexibility index (Phi) is 5.34. The van der Waals surface area contributed by atoms with E-state index in [4.69, 9.17) is 18.7 Å². The minimum absolute atomic E-state index is 0.0520. The van der Waals surface area contributed by atoms with Gasteiger partial charge in [0, 0.05) is 24.6 Å². The molecule has 0 aromatic heterocycles. The van der Waals surface area contributed by atoms with E-state index in [1.54, 1.807) is 14.2 Å². The molecule has 1 aliphatic heterocycles. The summed E-state index contributed by atoms with van der Waals surface area (Å²) < 4.78 is 18.0. The third-order valence-electron chi connectivity index (χ3n) is 7.48. The number of ether oxygens (including phenoxy) is 2. The largest absolute Gasteiger partial charge is 0.493 e. The molecule has 2 aliphatic carbocycles. The monoisotopic (exact) mass is 433 g/mol. The second-order valence-corrected chi connectivity index (χ2v) is 15.0. The van der Waals surface area contributed by atoms with E-state index < -0.39 is 14.4 Å². The summed E-state index contributed by atoms with van der Waals surface area (Å²) in [6.07, 6.45) is 1.46. The van der Waals surface area contributed by atoms with E-state index in [1.807, 2.05) is 24.3 Å². The molecule has 0 radical (unpaired) electrons. The van der Waals surface area contributed by atoms with Gasteiger partial charge in [-0.3, -0.25) is 4.84 Å². The van der Waals surface area contributed by atoms with Crippen LogP contribution in [-0.2, 0) is 15.7 Å². The molecule has 0 spiro atoms. The topological polar surface area (TPSA) is 60.4 Å². The smallest absolute Gasteiger partial charge is 0.192 e. The Balaban J connectivity index is 1.81. The van der Waals surface area contributed by atoms with Crippen molar-refractivity contribution in [2.75, 3.05) is 21.3 Å². The van der Waals surface area contributed by atoms with Gasteiger partial charge in [0.1, 0.15) is 18.3 Å². The molecule has 30 heavy (non-hydrogen) atoms. The molecule has 3 aliphatic rings. The molecule has 0 bridgehead atoms. The Morgan fingerprint density at radius 1 is 1.17 bits per heavy atom. The van der Waals surface area contributed by atoms with Crippen LogP contribution in [0.3, 0.4) is 0 Å². The van der Waals surface area contributed by atoms with Crippen molar-refractivity contribution in [1.29, 1.82) is 0 Å². The Morgan fingerprint density at radius 2 is 1.87 bits per heavy atom. The minimum atomic E-state index is -2.09. The molecule has 0 unspecified atom stereocenters. The zero-order valence-electron chi connectivity index (χ0n) is 19.4. The molecule has 1 aromatic rings. The lowest BCUT2D eigenvalue weighted by atomic mass is 9.69. The zero-order chi connectivity index (χ0) is 22.0. The molecule has 7 heteroatoms. The molecule has 1 N–H and O–H groups in total. The lowest BCUT2D eigenvalue weighted by Crippen LogP contribution is -2.55. The fourth-order valence-corrected chi connectivity index (χ4v) is 6.16. The average molecular weight is 434 g/mol. The number of hydrogen-bond donors (Lipinski definition) is 1. The van der Waals surface area contributed by atoms with E-state index in [9.17, 15) is 5.11 Å². The van der Waals surface area contributed by atoms with Crippen LogP contribution in [0.15, 0.2) is 18.2 Å². The number of methoxy groups -OCH3 is 2. The van der Waals surface area contributed by atoms with Crippen LogP contribution >= 0.6 is 0 Å². The minimum Gasteiger partial charge on any atom is -0.493 e. The van der Waals surface area contributed by atoms with Crippen molar-refractivity contribution in [3.05, 3.63) is 29.3 Å². The fourth-order valence-electron chi connectivity index (χ4n) is 4.85. The van der Waals surface area contributed by atoms with Gasteiger partial charge in [-0.1, -0.05) is 26.8 Å². The average Bonchev–Trinajstić information content (AvgIpc) is 3.00. The molecule has 0 saturated carbocycles. The number of aliphatic hydroxyl groups is 1. The summed E-state index contributed by atoms with van der Waals surface area (Å²) in [4.78, 5) is 6.34. The molecule has 5 atom stereocenters. The Bertz CT molecular complexity index is 862. The number of nitrogens with zero attached hydrogens (tertiary/aromatic N) is 1. The molecule has 0 amide bonds. The molecule has 6 nitrogen and oxygen atoms in total. The summed E-state index contributed by atoms with van der Waals surface area (Å²) in [6, 6.07) is 4.25. The Hall–Kier alpha value is -1.38. The number of benzene rings is 1. The molecule has 1 aromatic carbocycles. The van der Waals surface area contributed by atoms with E-state index in [2.05, 4.69) is 39.9 Å². The van der Waals surface area contributed by atoms with Crippen LogP contribution in [0.2, 0.25) is 18.1 Å². The van der Waals surface area contributed by atoms with Gasteiger partial charge in [0.25, 0.3) is 0 Å². The summed E-state index contributed by atoms with van der Waals surface area (Å²) in [5, 5.41) is 13.2. The van der Waals surface area contributed by atoms with Crippen molar-refractivity contribution in [3.63, 3.8) is 0 Å². The van der Waals surface area contributed by atoms with Crippen molar-refractivity contribution in [3.8, 4) is 11.5 Å². The maximum atomic E-state index is 11.2. The van der Waals surface area contributed by atoms with Gasteiger partial charge in [-0.05, 0) is 47.8 Å². The maximum Gasteiger partial charge on any atom is 0.192 e. The van der Waals surface area contributed by atoms with Crippen molar-refractivity contribution in [2.24, 2.45) is 5.92 Å². The Labute approximate surface area is 180 Å². The number of hydrogen-bond acceptors (Lipinski definition) is 6. The lowest BCUT2D eigenvalue weighted by molar-refractivity contribution is -0.178. The summed E-state index contributed by atoms with van der Waals surface area (Å²) in [5.41, 5.74) is 3.30. The van der Waals surface area contributed by atoms with Crippen LogP contribution in [0.1, 0.15) is 31.9 Å².